The maximum atomic E-state index is 13.7. The first-order valence-electron chi connectivity index (χ1n) is 10.7. The summed E-state index contributed by atoms with van der Waals surface area (Å²) in [4.78, 5) is 32.2. The molecule has 164 valence electrons. The first kappa shape index (κ1) is 20.6. The molecule has 1 aliphatic rings. The lowest BCUT2D eigenvalue weighted by molar-refractivity contribution is -0.119. The Bertz CT molecular complexity index is 1380. The molecule has 0 radical (unpaired) electrons. The molecule has 0 aliphatic carbocycles. The number of carbonyl (C=O) groups is 1. The highest BCUT2D eigenvalue weighted by molar-refractivity contribution is 6.30. The van der Waals surface area contributed by atoms with E-state index in [1.165, 1.54) is 0 Å². The molecule has 0 N–H and O–H groups in total. The number of hydrogen-bond acceptors (Lipinski definition) is 6. The Labute approximate surface area is 189 Å². The highest BCUT2D eigenvalue weighted by atomic mass is 35.5. The number of rotatable bonds is 4. The molecule has 4 heterocycles. The zero-order valence-electron chi connectivity index (χ0n) is 18.0. The van der Waals surface area contributed by atoms with E-state index in [-0.39, 0.29) is 17.4 Å². The van der Waals surface area contributed by atoms with E-state index in [1.54, 1.807) is 15.2 Å². The predicted molar refractivity (Wildman–Crippen MR) is 124 cm³/mol. The highest BCUT2D eigenvalue weighted by Gasteiger charge is 2.22. The van der Waals surface area contributed by atoms with Gasteiger partial charge in [-0.2, -0.15) is 0 Å². The number of aromatic nitrogens is 5. The van der Waals surface area contributed by atoms with Crippen molar-refractivity contribution in [1.82, 2.24) is 24.1 Å². The molecule has 0 unspecified atom stereocenters. The van der Waals surface area contributed by atoms with Crippen molar-refractivity contribution in [1.29, 1.82) is 0 Å². The standard InChI is InChI=1S/C23H23ClN6O2/c1-14(2)21-26-27-22-20-19(11-17(12-25-20)28-9-7-18(31)8-10-28)29(23(32)30(21)22)13-15-3-5-16(24)6-4-15/h3-6,11-12,14H,7-10,13H2,1-2H3. The van der Waals surface area contributed by atoms with Crippen LogP contribution in [0.15, 0.2) is 41.3 Å². The summed E-state index contributed by atoms with van der Waals surface area (Å²) < 4.78 is 3.28. The Morgan fingerprint density at radius 3 is 2.47 bits per heavy atom. The summed E-state index contributed by atoms with van der Waals surface area (Å²) in [5, 5.41) is 9.23. The Hall–Kier alpha value is -3.26. The number of anilines is 1. The monoisotopic (exact) mass is 450 g/mol. The summed E-state index contributed by atoms with van der Waals surface area (Å²) in [5.74, 6) is 0.919. The van der Waals surface area contributed by atoms with Crippen molar-refractivity contribution >= 4 is 39.8 Å². The maximum Gasteiger partial charge on any atom is 0.336 e. The summed E-state index contributed by atoms with van der Waals surface area (Å²) in [6, 6.07) is 9.42. The second kappa shape index (κ2) is 8.02. The van der Waals surface area contributed by atoms with E-state index in [4.69, 9.17) is 16.6 Å². The van der Waals surface area contributed by atoms with Gasteiger partial charge in [-0.05, 0) is 23.8 Å². The summed E-state index contributed by atoms with van der Waals surface area (Å²) in [7, 11) is 0. The van der Waals surface area contributed by atoms with E-state index in [0.29, 0.717) is 60.0 Å². The second-order valence-electron chi connectivity index (χ2n) is 8.45. The Morgan fingerprint density at radius 2 is 1.78 bits per heavy atom. The van der Waals surface area contributed by atoms with Gasteiger partial charge in [0.1, 0.15) is 17.1 Å². The van der Waals surface area contributed by atoms with E-state index in [1.807, 2.05) is 44.2 Å². The van der Waals surface area contributed by atoms with Crippen LogP contribution in [0.3, 0.4) is 0 Å². The number of Topliss-reactive ketones (excluding diaryl/α,β-unsaturated/α-hetero) is 1. The van der Waals surface area contributed by atoms with Crippen LogP contribution in [-0.2, 0) is 11.3 Å². The third-order valence-electron chi connectivity index (χ3n) is 5.92. The number of piperidine rings is 1. The van der Waals surface area contributed by atoms with E-state index in [0.717, 1.165) is 11.3 Å². The average molecular weight is 451 g/mol. The summed E-state index contributed by atoms with van der Waals surface area (Å²) >= 11 is 6.05. The van der Waals surface area contributed by atoms with Crippen LogP contribution < -0.4 is 10.6 Å². The predicted octanol–water partition coefficient (Wildman–Crippen LogP) is 3.43. The number of hydrogen-bond donors (Lipinski definition) is 0. The van der Waals surface area contributed by atoms with E-state index in [2.05, 4.69) is 15.1 Å². The van der Waals surface area contributed by atoms with Gasteiger partial charge >= 0.3 is 5.69 Å². The van der Waals surface area contributed by atoms with Gasteiger partial charge in [0.15, 0.2) is 5.65 Å². The number of carbonyl (C=O) groups excluding carboxylic acids is 1. The fourth-order valence-corrected chi connectivity index (χ4v) is 4.29. The SMILES string of the molecule is CC(C)c1nnc2c3ncc(N4CCC(=O)CC4)cc3n(Cc3ccc(Cl)cc3)c(=O)n12. The van der Waals surface area contributed by atoms with E-state index < -0.39 is 0 Å². The lowest BCUT2D eigenvalue weighted by Gasteiger charge is -2.28. The van der Waals surface area contributed by atoms with Crippen molar-refractivity contribution in [2.75, 3.05) is 18.0 Å². The molecule has 0 atom stereocenters. The molecule has 4 aromatic rings. The summed E-state index contributed by atoms with van der Waals surface area (Å²) in [5.41, 5.74) is 3.40. The number of benzene rings is 1. The molecule has 9 heteroatoms. The van der Waals surface area contributed by atoms with Crippen LogP contribution in [0, 0.1) is 0 Å². The van der Waals surface area contributed by atoms with Crippen LogP contribution in [0.5, 0.6) is 0 Å². The summed E-state index contributed by atoms with van der Waals surface area (Å²) in [6.07, 6.45) is 2.84. The molecule has 1 aromatic carbocycles. The van der Waals surface area contributed by atoms with Crippen molar-refractivity contribution in [2.24, 2.45) is 0 Å². The molecule has 3 aromatic heterocycles. The van der Waals surface area contributed by atoms with Gasteiger partial charge in [0.2, 0.25) is 0 Å². The van der Waals surface area contributed by atoms with Gasteiger partial charge in [-0.25, -0.2) is 14.2 Å². The van der Waals surface area contributed by atoms with Crippen LogP contribution in [-0.4, -0.2) is 43.0 Å². The minimum Gasteiger partial charge on any atom is -0.369 e. The fraction of sp³-hybridized carbons (Fsp3) is 0.348. The Balaban J connectivity index is 1.73. The molecule has 1 fully saturated rings. The molecule has 0 bridgehead atoms. The molecule has 1 saturated heterocycles. The highest BCUT2D eigenvalue weighted by Crippen LogP contribution is 2.25. The molecular weight excluding hydrogens is 428 g/mol. The average Bonchev–Trinajstić information content (AvgIpc) is 3.24. The molecular formula is C23H23ClN6O2. The van der Waals surface area contributed by atoms with Crippen molar-refractivity contribution in [3.63, 3.8) is 0 Å². The normalized spacial score (nSPS) is 14.8. The second-order valence-corrected chi connectivity index (χ2v) is 8.89. The number of ketones is 1. The van der Waals surface area contributed by atoms with Gasteiger partial charge in [0.25, 0.3) is 0 Å². The summed E-state index contributed by atoms with van der Waals surface area (Å²) in [6.45, 7) is 5.63. The van der Waals surface area contributed by atoms with Gasteiger partial charge in [0.05, 0.1) is 23.9 Å². The van der Waals surface area contributed by atoms with Crippen LogP contribution >= 0.6 is 11.6 Å². The Morgan fingerprint density at radius 1 is 1.06 bits per heavy atom. The molecule has 0 spiro atoms. The molecule has 1 aliphatic heterocycles. The van der Waals surface area contributed by atoms with Crippen LogP contribution in [0.2, 0.25) is 5.02 Å². The lowest BCUT2D eigenvalue weighted by atomic mass is 10.1. The van der Waals surface area contributed by atoms with Gasteiger partial charge in [-0.3, -0.25) is 9.36 Å². The maximum absolute atomic E-state index is 13.7. The van der Waals surface area contributed by atoms with Crippen molar-refractivity contribution in [3.8, 4) is 0 Å². The topological polar surface area (TPSA) is 85.4 Å². The molecule has 0 amide bonds. The van der Waals surface area contributed by atoms with Crippen LogP contribution in [0.4, 0.5) is 5.69 Å². The van der Waals surface area contributed by atoms with Crippen molar-refractivity contribution in [2.45, 2.75) is 39.2 Å². The third kappa shape index (κ3) is 3.54. The molecule has 8 nitrogen and oxygen atoms in total. The van der Waals surface area contributed by atoms with Gasteiger partial charge in [-0.1, -0.05) is 37.6 Å². The van der Waals surface area contributed by atoms with Gasteiger partial charge in [-0.15, -0.1) is 10.2 Å². The van der Waals surface area contributed by atoms with E-state index in [9.17, 15) is 9.59 Å². The Kier molecular flexibility index (Phi) is 5.17. The molecule has 32 heavy (non-hydrogen) atoms. The smallest absolute Gasteiger partial charge is 0.336 e. The minimum atomic E-state index is -0.205. The number of fused-ring (bicyclic) bond motifs is 3. The first-order valence-corrected chi connectivity index (χ1v) is 11.1. The van der Waals surface area contributed by atoms with Crippen molar-refractivity contribution < 1.29 is 4.79 Å². The molecule has 0 saturated carbocycles. The minimum absolute atomic E-state index is 0.0318. The van der Waals surface area contributed by atoms with Crippen LogP contribution in [0.1, 0.15) is 44.0 Å². The lowest BCUT2D eigenvalue weighted by Crippen LogP contribution is -2.34. The van der Waals surface area contributed by atoms with Gasteiger partial charge < -0.3 is 4.90 Å². The number of pyridine rings is 1. The van der Waals surface area contributed by atoms with Crippen LogP contribution in [0.25, 0.3) is 16.7 Å². The number of nitrogens with zero attached hydrogens (tertiary/aromatic N) is 6. The quantitative estimate of drug-likeness (QED) is 0.473. The largest absolute Gasteiger partial charge is 0.369 e. The zero-order valence-corrected chi connectivity index (χ0v) is 18.7. The van der Waals surface area contributed by atoms with Gasteiger partial charge in [0, 0.05) is 36.9 Å². The van der Waals surface area contributed by atoms with E-state index >= 15 is 0 Å². The zero-order chi connectivity index (χ0) is 22.4. The molecule has 5 rings (SSSR count). The first-order chi connectivity index (χ1) is 15.4. The fourth-order valence-electron chi connectivity index (χ4n) is 4.17. The van der Waals surface area contributed by atoms with Crippen molar-refractivity contribution in [3.05, 3.63) is 63.4 Å². The number of halogens is 1. The third-order valence-corrected chi connectivity index (χ3v) is 6.17.